The standard InChI is InChI=1S/C32H37N3O7S/c1-6-40-32(38)28-24-9-7-8-10-27(24)43-31(28)34-30(37)22-12-14-23(15-13-22)42-20(4)29(36)35-33-18-21-11-16-25(41-19(2)3)26(17-21)39-5/h11-20H,6-10H2,1-5H3,(H,34,37)(H,35,36)/b33-18+. The second kappa shape index (κ2) is 14.7. The van der Waals surface area contributed by atoms with Gasteiger partial charge < -0.3 is 24.3 Å². The van der Waals surface area contributed by atoms with Crippen LogP contribution in [0.5, 0.6) is 17.2 Å². The number of benzene rings is 2. The topological polar surface area (TPSA) is 125 Å². The molecule has 0 aliphatic heterocycles. The molecular formula is C32H37N3O7S. The number of carbonyl (C=O) groups is 3. The van der Waals surface area contributed by atoms with Crippen LogP contribution >= 0.6 is 11.3 Å². The highest BCUT2D eigenvalue weighted by molar-refractivity contribution is 7.17. The van der Waals surface area contributed by atoms with E-state index in [0.29, 0.717) is 38.9 Å². The first-order valence-electron chi connectivity index (χ1n) is 14.3. The number of aryl methyl sites for hydroxylation is 1. The van der Waals surface area contributed by atoms with Crippen molar-refractivity contribution in [2.24, 2.45) is 5.10 Å². The fraction of sp³-hybridized carbons (Fsp3) is 0.375. The van der Waals surface area contributed by atoms with E-state index < -0.39 is 18.0 Å². The summed E-state index contributed by atoms with van der Waals surface area (Å²) in [6.45, 7) is 7.48. The molecule has 2 amide bonds. The van der Waals surface area contributed by atoms with Crippen LogP contribution in [0.25, 0.3) is 0 Å². The number of ether oxygens (including phenoxy) is 4. The van der Waals surface area contributed by atoms with E-state index in [1.807, 2.05) is 13.8 Å². The molecule has 1 heterocycles. The number of anilines is 1. The quantitative estimate of drug-likeness (QED) is 0.152. The van der Waals surface area contributed by atoms with Gasteiger partial charge in [-0.3, -0.25) is 9.59 Å². The molecule has 2 aromatic carbocycles. The molecule has 1 atom stereocenters. The number of hydrazone groups is 1. The normalized spacial score (nSPS) is 13.3. The molecule has 0 bridgehead atoms. The average Bonchev–Trinajstić information content (AvgIpc) is 3.35. The van der Waals surface area contributed by atoms with Crippen molar-refractivity contribution in [1.29, 1.82) is 0 Å². The molecule has 0 radical (unpaired) electrons. The molecule has 2 N–H and O–H groups in total. The second-order valence-corrected chi connectivity index (χ2v) is 11.3. The average molecular weight is 608 g/mol. The lowest BCUT2D eigenvalue weighted by Gasteiger charge is -2.14. The molecule has 1 unspecified atom stereocenters. The van der Waals surface area contributed by atoms with Crippen molar-refractivity contribution in [1.82, 2.24) is 5.43 Å². The minimum absolute atomic E-state index is 0.00463. The Bertz CT molecular complexity index is 1480. The van der Waals surface area contributed by atoms with Crippen molar-refractivity contribution in [2.75, 3.05) is 19.0 Å². The summed E-state index contributed by atoms with van der Waals surface area (Å²) in [7, 11) is 1.56. The Morgan fingerprint density at radius 1 is 1.00 bits per heavy atom. The van der Waals surface area contributed by atoms with E-state index in [0.717, 1.165) is 36.1 Å². The predicted molar refractivity (Wildman–Crippen MR) is 166 cm³/mol. The number of rotatable bonds is 12. The minimum Gasteiger partial charge on any atom is -0.493 e. The maximum atomic E-state index is 13.1. The molecule has 0 saturated heterocycles. The third kappa shape index (κ3) is 8.13. The van der Waals surface area contributed by atoms with E-state index in [9.17, 15) is 14.4 Å². The van der Waals surface area contributed by atoms with Crippen LogP contribution in [0, 0.1) is 0 Å². The number of amides is 2. The zero-order chi connectivity index (χ0) is 30.9. The lowest BCUT2D eigenvalue weighted by Crippen LogP contribution is -2.33. The summed E-state index contributed by atoms with van der Waals surface area (Å²) in [6, 6.07) is 11.8. The molecule has 3 aromatic rings. The van der Waals surface area contributed by atoms with Crippen LogP contribution in [-0.4, -0.2) is 49.9 Å². The summed E-state index contributed by atoms with van der Waals surface area (Å²) in [5.74, 6) is 0.385. The summed E-state index contributed by atoms with van der Waals surface area (Å²) in [4.78, 5) is 39.4. The molecule has 0 spiro atoms. The number of methoxy groups -OCH3 is 1. The van der Waals surface area contributed by atoms with Crippen LogP contribution < -0.4 is 25.0 Å². The Morgan fingerprint density at radius 2 is 1.74 bits per heavy atom. The zero-order valence-electron chi connectivity index (χ0n) is 25.0. The number of esters is 1. The molecule has 43 heavy (non-hydrogen) atoms. The highest BCUT2D eigenvalue weighted by Crippen LogP contribution is 2.39. The number of fused-ring (bicyclic) bond motifs is 1. The molecule has 11 heteroatoms. The Hall–Kier alpha value is -4.38. The first-order valence-corrected chi connectivity index (χ1v) is 15.1. The first-order chi connectivity index (χ1) is 20.7. The smallest absolute Gasteiger partial charge is 0.341 e. The predicted octanol–water partition coefficient (Wildman–Crippen LogP) is 5.77. The lowest BCUT2D eigenvalue weighted by molar-refractivity contribution is -0.127. The van der Waals surface area contributed by atoms with E-state index in [-0.39, 0.29) is 18.6 Å². The first kappa shape index (κ1) is 31.6. The van der Waals surface area contributed by atoms with Crippen LogP contribution in [0.4, 0.5) is 5.00 Å². The van der Waals surface area contributed by atoms with Gasteiger partial charge in [0.2, 0.25) is 0 Å². The third-order valence-corrected chi connectivity index (χ3v) is 7.82. The van der Waals surface area contributed by atoms with Gasteiger partial charge >= 0.3 is 5.97 Å². The van der Waals surface area contributed by atoms with Gasteiger partial charge in [0.25, 0.3) is 11.8 Å². The zero-order valence-corrected chi connectivity index (χ0v) is 25.8. The van der Waals surface area contributed by atoms with Crippen molar-refractivity contribution in [2.45, 2.75) is 65.6 Å². The Kier molecular flexibility index (Phi) is 10.8. The van der Waals surface area contributed by atoms with Crippen LogP contribution in [0.3, 0.4) is 0 Å². The number of nitrogens with zero attached hydrogens (tertiary/aromatic N) is 1. The number of hydrogen-bond acceptors (Lipinski definition) is 9. The maximum Gasteiger partial charge on any atom is 0.341 e. The highest BCUT2D eigenvalue weighted by Gasteiger charge is 2.27. The van der Waals surface area contributed by atoms with Gasteiger partial charge in [-0.15, -0.1) is 11.3 Å². The van der Waals surface area contributed by atoms with Crippen LogP contribution in [0.2, 0.25) is 0 Å². The molecule has 4 rings (SSSR count). The summed E-state index contributed by atoms with van der Waals surface area (Å²) >= 11 is 1.44. The SMILES string of the molecule is CCOC(=O)c1c(NC(=O)c2ccc(OC(C)C(=O)N/N=C/c3ccc(OC(C)C)c(OC)c3)cc2)sc2c1CCCC2. The number of thiophene rings is 1. The molecule has 1 aliphatic carbocycles. The monoisotopic (exact) mass is 607 g/mol. The van der Waals surface area contributed by atoms with Crippen LogP contribution in [0.15, 0.2) is 47.6 Å². The van der Waals surface area contributed by atoms with Crippen molar-refractivity contribution >= 4 is 40.3 Å². The third-order valence-electron chi connectivity index (χ3n) is 6.62. The number of carbonyl (C=O) groups excluding carboxylic acids is 3. The summed E-state index contributed by atoms with van der Waals surface area (Å²) < 4.78 is 22.1. The van der Waals surface area contributed by atoms with Crippen molar-refractivity contribution in [3.63, 3.8) is 0 Å². The van der Waals surface area contributed by atoms with Gasteiger partial charge in [-0.2, -0.15) is 5.10 Å². The van der Waals surface area contributed by atoms with Gasteiger partial charge in [-0.25, -0.2) is 10.2 Å². The van der Waals surface area contributed by atoms with E-state index in [4.69, 9.17) is 18.9 Å². The summed E-state index contributed by atoms with van der Waals surface area (Å²) in [6.07, 6.45) is 4.41. The molecule has 1 aliphatic rings. The van der Waals surface area contributed by atoms with Gasteiger partial charge in [0.15, 0.2) is 17.6 Å². The van der Waals surface area contributed by atoms with Crippen molar-refractivity contribution < 1.29 is 33.3 Å². The molecule has 228 valence electrons. The van der Waals surface area contributed by atoms with Gasteiger partial charge in [-0.1, -0.05) is 0 Å². The van der Waals surface area contributed by atoms with Gasteiger partial charge in [0.1, 0.15) is 10.8 Å². The Morgan fingerprint density at radius 3 is 2.44 bits per heavy atom. The van der Waals surface area contributed by atoms with Crippen molar-refractivity contribution in [3.8, 4) is 17.2 Å². The van der Waals surface area contributed by atoms with Crippen molar-refractivity contribution in [3.05, 3.63) is 69.6 Å². The van der Waals surface area contributed by atoms with E-state index in [1.165, 1.54) is 17.6 Å². The Balaban J connectivity index is 1.34. The lowest BCUT2D eigenvalue weighted by atomic mass is 9.95. The minimum atomic E-state index is -0.849. The van der Waals surface area contributed by atoms with Gasteiger partial charge in [-0.05, 0) is 107 Å². The Labute approximate surface area is 255 Å². The highest BCUT2D eigenvalue weighted by atomic mass is 32.1. The maximum absolute atomic E-state index is 13.1. The van der Waals surface area contributed by atoms with E-state index >= 15 is 0 Å². The summed E-state index contributed by atoms with van der Waals surface area (Å²) in [5, 5.41) is 7.43. The molecule has 10 nitrogen and oxygen atoms in total. The van der Waals surface area contributed by atoms with E-state index in [1.54, 1.807) is 63.4 Å². The summed E-state index contributed by atoms with van der Waals surface area (Å²) in [5.41, 5.74) is 5.02. The van der Waals surface area contributed by atoms with Gasteiger partial charge in [0.05, 0.1) is 31.6 Å². The molecule has 0 saturated carbocycles. The fourth-order valence-corrected chi connectivity index (χ4v) is 5.84. The van der Waals surface area contributed by atoms with E-state index in [2.05, 4.69) is 15.8 Å². The fourth-order valence-electron chi connectivity index (χ4n) is 4.57. The van der Waals surface area contributed by atoms with Gasteiger partial charge in [0, 0.05) is 10.4 Å². The molecular weight excluding hydrogens is 570 g/mol. The number of nitrogens with one attached hydrogen (secondary N) is 2. The molecule has 0 fully saturated rings. The molecule has 1 aromatic heterocycles. The second-order valence-electron chi connectivity index (χ2n) is 10.2. The largest absolute Gasteiger partial charge is 0.493 e. The van der Waals surface area contributed by atoms with Crippen LogP contribution in [0.1, 0.15) is 77.3 Å². The van der Waals surface area contributed by atoms with Crippen LogP contribution in [-0.2, 0) is 22.4 Å². The number of hydrogen-bond donors (Lipinski definition) is 2.